The number of anilines is 1. The van der Waals surface area contributed by atoms with Crippen molar-refractivity contribution in [1.82, 2.24) is 4.90 Å². The average molecular weight is 375 g/mol. The highest BCUT2D eigenvalue weighted by molar-refractivity contribution is 6.30. The maximum atomic E-state index is 12.7. The molecule has 1 N–H and O–H groups in total. The van der Waals surface area contributed by atoms with Gasteiger partial charge in [0, 0.05) is 17.3 Å². The van der Waals surface area contributed by atoms with Crippen molar-refractivity contribution in [3.05, 3.63) is 58.6 Å². The van der Waals surface area contributed by atoms with E-state index in [1.807, 2.05) is 56.3 Å². The SMILES string of the molecule is CCOc1ccc(NC(=O)N2CCOC(c3ccc(Cl)cc3)C2)c(C)c1. The van der Waals surface area contributed by atoms with Crippen molar-refractivity contribution in [2.75, 3.05) is 31.6 Å². The highest BCUT2D eigenvalue weighted by Crippen LogP contribution is 2.25. The first kappa shape index (κ1) is 18.5. The molecule has 0 aliphatic carbocycles. The number of hydrogen-bond donors (Lipinski definition) is 1. The molecule has 0 bridgehead atoms. The lowest BCUT2D eigenvalue weighted by Crippen LogP contribution is -2.44. The molecule has 2 aromatic rings. The number of amides is 2. The molecule has 138 valence electrons. The molecule has 1 fully saturated rings. The van der Waals surface area contributed by atoms with Crippen LogP contribution in [0.2, 0.25) is 5.02 Å². The normalized spacial score (nSPS) is 17.0. The molecule has 0 aromatic heterocycles. The van der Waals surface area contributed by atoms with Crippen LogP contribution in [0.25, 0.3) is 0 Å². The van der Waals surface area contributed by atoms with Crippen LogP contribution in [0.3, 0.4) is 0 Å². The fraction of sp³-hybridized carbons (Fsp3) is 0.350. The first-order valence-corrected chi connectivity index (χ1v) is 9.11. The molecule has 1 aliphatic heterocycles. The maximum absolute atomic E-state index is 12.7. The van der Waals surface area contributed by atoms with Gasteiger partial charge in [0.25, 0.3) is 0 Å². The number of carbonyl (C=O) groups is 1. The molecule has 1 atom stereocenters. The predicted molar refractivity (Wildman–Crippen MR) is 103 cm³/mol. The van der Waals surface area contributed by atoms with Crippen molar-refractivity contribution in [2.24, 2.45) is 0 Å². The monoisotopic (exact) mass is 374 g/mol. The number of ether oxygens (including phenoxy) is 2. The van der Waals surface area contributed by atoms with Gasteiger partial charge in [-0.15, -0.1) is 0 Å². The van der Waals surface area contributed by atoms with Crippen LogP contribution < -0.4 is 10.1 Å². The van der Waals surface area contributed by atoms with Gasteiger partial charge in [-0.1, -0.05) is 23.7 Å². The topological polar surface area (TPSA) is 50.8 Å². The third-order valence-electron chi connectivity index (χ3n) is 4.35. The van der Waals surface area contributed by atoms with Gasteiger partial charge in [-0.25, -0.2) is 4.79 Å². The Balaban J connectivity index is 1.65. The fourth-order valence-electron chi connectivity index (χ4n) is 2.94. The summed E-state index contributed by atoms with van der Waals surface area (Å²) in [4.78, 5) is 14.4. The number of benzene rings is 2. The van der Waals surface area contributed by atoms with Crippen LogP contribution in [-0.2, 0) is 4.74 Å². The number of urea groups is 1. The summed E-state index contributed by atoms with van der Waals surface area (Å²) in [5, 5.41) is 3.67. The molecule has 0 saturated carbocycles. The summed E-state index contributed by atoms with van der Waals surface area (Å²) in [5.74, 6) is 0.803. The van der Waals surface area contributed by atoms with Gasteiger partial charge < -0.3 is 19.7 Å². The first-order chi connectivity index (χ1) is 12.6. The van der Waals surface area contributed by atoms with Gasteiger partial charge in [-0.3, -0.25) is 0 Å². The Kier molecular flexibility index (Phi) is 6.01. The zero-order valence-electron chi connectivity index (χ0n) is 15.0. The van der Waals surface area contributed by atoms with Crippen LogP contribution in [-0.4, -0.2) is 37.2 Å². The Hall–Kier alpha value is -2.24. The summed E-state index contributed by atoms with van der Waals surface area (Å²) in [6.07, 6.45) is -0.145. The predicted octanol–water partition coefficient (Wildman–Crippen LogP) is 4.65. The Labute approximate surface area is 158 Å². The molecule has 1 heterocycles. The van der Waals surface area contributed by atoms with Crippen LogP contribution in [0.4, 0.5) is 10.5 Å². The molecule has 1 aliphatic rings. The summed E-state index contributed by atoms with van der Waals surface area (Å²) in [6.45, 7) is 6.08. The van der Waals surface area contributed by atoms with E-state index >= 15 is 0 Å². The van der Waals surface area contributed by atoms with Gasteiger partial charge in [0.2, 0.25) is 0 Å². The summed E-state index contributed by atoms with van der Waals surface area (Å²) in [7, 11) is 0. The van der Waals surface area contributed by atoms with E-state index in [0.29, 0.717) is 31.3 Å². The lowest BCUT2D eigenvalue weighted by Gasteiger charge is -2.33. The fourth-order valence-corrected chi connectivity index (χ4v) is 3.07. The van der Waals surface area contributed by atoms with Crippen molar-refractivity contribution in [1.29, 1.82) is 0 Å². The van der Waals surface area contributed by atoms with Crippen LogP contribution in [0.5, 0.6) is 5.75 Å². The van der Waals surface area contributed by atoms with E-state index in [2.05, 4.69) is 5.32 Å². The molecule has 0 spiro atoms. The minimum atomic E-state index is -0.145. The standard InChI is InChI=1S/C20H23ClN2O3/c1-3-25-17-8-9-18(14(2)12-17)22-20(24)23-10-11-26-19(13-23)15-4-6-16(21)7-5-15/h4-9,12,19H,3,10-11,13H2,1-2H3,(H,22,24). The Morgan fingerprint density at radius 2 is 2.08 bits per heavy atom. The van der Waals surface area contributed by atoms with E-state index in [9.17, 15) is 4.79 Å². The second-order valence-electron chi connectivity index (χ2n) is 6.20. The van der Waals surface area contributed by atoms with Crippen LogP contribution in [0, 0.1) is 6.92 Å². The number of morpholine rings is 1. The molecule has 1 saturated heterocycles. The molecular weight excluding hydrogens is 352 g/mol. The van der Waals surface area contributed by atoms with E-state index in [-0.39, 0.29) is 12.1 Å². The van der Waals surface area contributed by atoms with Crippen molar-refractivity contribution in [2.45, 2.75) is 20.0 Å². The second-order valence-corrected chi connectivity index (χ2v) is 6.63. The molecule has 2 amide bonds. The van der Waals surface area contributed by atoms with Crippen molar-refractivity contribution in [3.8, 4) is 5.75 Å². The van der Waals surface area contributed by atoms with Crippen LogP contribution in [0.1, 0.15) is 24.2 Å². The molecule has 5 nitrogen and oxygen atoms in total. The van der Waals surface area contributed by atoms with E-state index in [1.165, 1.54) is 0 Å². The summed E-state index contributed by atoms with van der Waals surface area (Å²) in [6, 6.07) is 13.1. The molecule has 1 unspecified atom stereocenters. The average Bonchev–Trinajstić information content (AvgIpc) is 2.65. The van der Waals surface area contributed by atoms with E-state index in [1.54, 1.807) is 4.90 Å². The number of carbonyl (C=O) groups excluding carboxylic acids is 1. The van der Waals surface area contributed by atoms with Crippen LogP contribution in [0.15, 0.2) is 42.5 Å². The molecule has 6 heteroatoms. The number of hydrogen-bond acceptors (Lipinski definition) is 3. The highest BCUT2D eigenvalue weighted by atomic mass is 35.5. The number of halogens is 1. The number of nitrogens with one attached hydrogen (secondary N) is 1. The van der Waals surface area contributed by atoms with Crippen molar-refractivity contribution < 1.29 is 14.3 Å². The molecule has 26 heavy (non-hydrogen) atoms. The molecule has 3 rings (SSSR count). The maximum Gasteiger partial charge on any atom is 0.322 e. The van der Waals surface area contributed by atoms with E-state index in [4.69, 9.17) is 21.1 Å². The Morgan fingerprint density at radius 1 is 1.31 bits per heavy atom. The highest BCUT2D eigenvalue weighted by Gasteiger charge is 2.25. The van der Waals surface area contributed by atoms with Crippen molar-refractivity contribution >= 4 is 23.3 Å². The minimum Gasteiger partial charge on any atom is -0.494 e. The van der Waals surface area contributed by atoms with E-state index < -0.39 is 0 Å². The third-order valence-corrected chi connectivity index (χ3v) is 4.60. The lowest BCUT2D eigenvalue weighted by molar-refractivity contribution is -0.0135. The largest absolute Gasteiger partial charge is 0.494 e. The van der Waals surface area contributed by atoms with Gasteiger partial charge in [-0.2, -0.15) is 0 Å². The number of aryl methyl sites for hydroxylation is 1. The summed E-state index contributed by atoms with van der Waals surface area (Å²) in [5.41, 5.74) is 2.77. The Bertz CT molecular complexity index is 764. The molecular formula is C20H23ClN2O3. The zero-order valence-corrected chi connectivity index (χ0v) is 15.8. The number of rotatable bonds is 4. The zero-order chi connectivity index (χ0) is 18.5. The third kappa shape index (κ3) is 4.48. The molecule has 2 aromatic carbocycles. The summed E-state index contributed by atoms with van der Waals surface area (Å²) >= 11 is 5.94. The minimum absolute atomic E-state index is 0.125. The van der Waals surface area contributed by atoms with Crippen molar-refractivity contribution in [3.63, 3.8) is 0 Å². The van der Waals surface area contributed by atoms with E-state index in [0.717, 1.165) is 22.6 Å². The van der Waals surface area contributed by atoms with Gasteiger partial charge in [0.15, 0.2) is 0 Å². The molecule has 0 radical (unpaired) electrons. The van der Waals surface area contributed by atoms with Gasteiger partial charge in [0.05, 0.1) is 19.8 Å². The lowest BCUT2D eigenvalue weighted by atomic mass is 10.1. The number of nitrogens with zero attached hydrogens (tertiary/aromatic N) is 1. The van der Waals surface area contributed by atoms with Gasteiger partial charge in [-0.05, 0) is 55.3 Å². The quantitative estimate of drug-likeness (QED) is 0.847. The van der Waals surface area contributed by atoms with Gasteiger partial charge >= 0.3 is 6.03 Å². The summed E-state index contributed by atoms with van der Waals surface area (Å²) < 4.78 is 11.3. The van der Waals surface area contributed by atoms with Gasteiger partial charge in [0.1, 0.15) is 11.9 Å². The Morgan fingerprint density at radius 3 is 2.77 bits per heavy atom. The smallest absolute Gasteiger partial charge is 0.322 e. The van der Waals surface area contributed by atoms with Crippen LogP contribution >= 0.6 is 11.6 Å². The first-order valence-electron chi connectivity index (χ1n) is 8.73. The second kappa shape index (κ2) is 8.43.